The topological polar surface area (TPSA) is 125 Å². The van der Waals surface area contributed by atoms with Crippen molar-refractivity contribution in [3.05, 3.63) is 97.1 Å². The van der Waals surface area contributed by atoms with E-state index in [1.54, 1.807) is 24.0 Å². The Bertz CT molecular complexity index is 1520. The van der Waals surface area contributed by atoms with Crippen LogP contribution in [0, 0.1) is 11.8 Å². The number of benzene rings is 2. The lowest BCUT2D eigenvalue weighted by Gasteiger charge is -2.39. The first kappa shape index (κ1) is 36.5. The summed E-state index contributed by atoms with van der Waals surface area (Å²) < 4.78 is 12.9. The van der Waals surface area contributed by atoms with Crippen LogP contribution in [0.1, 0.15) is 56.8 Å². The van der Waals surface area contributed by atoms with Crippen LogP contribution in [0.5, 0.6) is 0 Å². The molecule has 0 aromatic heterocycles. The number of nitrogens with one attached hydrogen (secondary N) is 1. The van der Waals surface area contributed by atoms with Gasteiger partial charge in [-0.2, -0.15) is 0 Å². The minimum atomic E-state index is -1.33. The lowest BCUT2D eigenvalue weighted by molar-refractivity contribution is -0.162. The first-order valence-corrected chi connectivity index (χ1v) is 17.9. The van der Waals surface area contributed by atoms with Gasteiger partial charge >= 0.3 is 5.97 Å². The van der Waals surface area contributed by atoms with Gasteiger partial charge in [0.15, 0.2) is 0 Å². The molecule has 3 aliphatic heterocycles. The van der Waals surface area contributed by atoms with Crippen LogP contribution in [0.15, 0.2) is 86.0 Å². The van der Waals surface area contributed by atoms with Crippen molar-refractivity contribution in [2.75, 3.05) is 13.2 Å². The van der Waals surface area contributed by atoms with Gasteiger partial charge in [-0.15, -0.1) is 13.2 Å². The molecule has 3 amide bonds. The van der Waals surface area contributed by atoms with E-state index in [2.05, 4.69) is 34.4 Å². The number of carbonyl (C=O) groups excluding carboxylic acids is 4. The number of rotatable bonds is 16. The quantitative estimate of drug-likeness (QED) is 0.148. The van der Waals surface area contributed by atoms with Gasteiger partial charge in [-0.3, -0.25) is 19.2 Å². The van der Waals surface area contributed by atoms with Crippen molar-refractivity contribution in [2.24, 2.45) is 11.8 Å². The van der Waals surface area contributed by atoms with E-state index in [0.29, 0.717) is 24.8 Å². The molecule has 2 N–H and O–H groups in total. The second-order valence-electron chi connectivity index (χ2n) is 13.1. The van der Waals surface area contributed by atoms with E-state index < -0.39 is 59.6 Å². The Labute approximate surface area is 296 Å². The van der Waals surface area contributed by atoms with E-state index in [1.807, 2.05) is 67.6 Å². The van der Waals surface area contributed by atoms with Gasteiger partial charge in [-0.05, 0) is 37.3 Å². The number of nitrogens with zero attached hydrogens (tertiary/aromatic N) is 2. The van der Waals surface area contributed by atoms with Crippen LogP contribution in [-0.2, 0) is 35.2 Å². The molecule has 3 fully saturated rings. The molecular weight excluding hydrogens is 690 g/mol. The number of allylic oxidation sites excluding steroid dienone is 1. The second kappa shape index (κ2) is 15.8. The molecule has 2 aromatic rings. The van der Waals surface area contributed by atoms with Gasteiger partial charge in [0.25, 0.3) is 0 Å². The first-order chi connectivity index (χ1) is 23.6. The SMILES string of the molecule is C=CCCC(=O)N[C@@H](C)[C@H](OC(=O)[C@H]1[C@@H]2O[C@@]3(CC2Br)[C@@H]1C(=O)N([C@@H](CC)CO)[C@@H]3C(=O)N(CC=C)Cc1ccccc1)c1ccccc1. The highest BCUT2D eigenvalue weighted by Crippen LogP contribution is 2.61. The highest BCUT2D eigenvalue weighted by molar-refractivity contribution is 9.09. The number of likely N-dealkylation sites (tertiary alicyclic amines) is 1. The number of amides is 3. The molecule has 0 aliphatic carbocycles. The average Bonchev–Trinajstić information content (AvgIpc) is 3.70. The number of ether oxygens (including phenoxy) is 2. The third kappa shape index (κ3) is 7.11. The van der Waals surface area contributed by atoms with Crippen molar-refractivity contribution >= 4 is 39.6 Å². The zero-order valence-corrected chi connectivity index (χ0v) is 29.7. The summed E-state index contributed by atoms with van der Waals surface area (Å²) >= 11 is 3.72. The molecule has 0 saturated carbocycles. The molecule has 262 valence electrons. The molecule has 3 saturated heterocycles. The maximum absolute atomic E-state index is 14.7. The zero-order valence-electron chi connectivity index (χ0n) is 28.1. The van der Waals surface area contributed by atoms with Crippen LogP contribution in [0.2, 0.25) is 0 Å². The van der Waals surface area contributed by atoms with Gasteiger partial charge in [-0.1, -0.05) is 95.7 Å². The Morgan fingerprint density at radius 1 is 1.14 bits per heavy atom. The first-order valence-electron chi connectivity index (χ1n) is 17.0. The fourth-order valence-corrected chi connectivity index (χ4v) is 8.67. The maximum atomic E-state index is 14.7. The standard InChI is InChI=1S/C38H46BrN3O7/c1-5-8-19-29(44)40-24(4)32(26-17-13-10-14-18-26)48-37(47)30-31-35(45)42(27(7-3)23-43)34(38(31)21-28(39)33(30)49-38)36(46)41(20-6-2)22-25-15-11-9-12-16-25/h5-6,9-18,24,27-28,30-34,43H,1-2,7-8,19-23H2,3-4H3,(H,40,44)/t24-,27-,28?,30+,31-,32-,33+,34+,38-/m0/s1. The van der Waals surface area contributed by atoms with Crippen LogP contribution in [0.3, 0.4) is 0 Å². The summed E-state index contributed by atoms with van der Waals surface area (Å²) in [5.41, 5.74) is 0.259. The molecule has 2 bridgehead atoms. The fraction of sp³-hybridized carbons (Fsp3) is 0.474. The predicted molar refractivity (Wildman–Crippen MR) is 188 cm³/mol. The Hall–Kier alpha value is -3.80. The largest absolute Gasteiger partial charge is 0.455 e. The Morgan fingerprint density at radius 2 is 1.82 bits per heavy atom. The molecule has 3 aliphatic rings. The van der Waals surface area contributed by atoms with Crippen LogP contribution >= 0.6 is 15.9 Å². The van der Waals surface area contributed by atoms with E-state index in [1.165, 1.54) is 4.90 Å². The van der Waals surface area contributed by atoms with Gasteiger partial charge in [0, 0.05) is 24.3 Å². The number of carbonyl (C=O) groups is 4. The van der Waals surface area contributed by atoms with Crippen molar-refractivity contribution < 1.29 is 33.8 Å². The number of aliphatic hydroxyl groups is 1. The summed E-state index contributed by atoms with van der Waals surface area (Å²) in [4.78, 5) is 59.1. The number of hydrogen-bond acceptors (Lipinski definition) is 7. The summed E-state index contributed by atoms with van der Waals surface area (Å²) in [5, 5.41) is 13.4. The molecule has 1 spiro atoms. The maximum Gasteiger partial charge on any atom is 0.313 e. The summed E-state index contributed by atoms with van der Waals surface area (Å²) in [6.07, 6.45) is 3.18. The molecule has 2 aromatic carbocycles. The zero-order chi connectivity index (χ0) is 35.3. The number of esters is 1. The summed E-state index contributed by atoms with van der Waals surface area (Å²) in [7, 11) is 0. The smallest absolute Gasteiger partial charge is 0.313 e. The number of hydrogen-bond donors (Lipinski definition) is 2. The van der Waals surface area contributed by atoms with Gasteiger partial charge in [0.05, 0.1) is 36.6 Å². The van der Waals surface area contributed by atoms with Gasteiger partial charge in [0.1, 0.15) is 17.7 Å². The van der Waals surface area contributed by atoms with Crippen molar-refractivity contribution in [1.29, 1.82) is 0 Å². The Morgan fingerprint density at radius 3 is 2.43 bits per heavy atom. The number of alkyl halides is 1. The van der Waals surface area contributed by atoms with Crippen LogP contribution < -0.4 is 5.32 Å². The second-order valence-corrected chi connectivity index (χ2v) is 14.3. The van der Waals surface area contributed by atoms with Gasteiger partial charge in [0.2, 0.25) is 17.7 Å². The average molecular weight is 737 g/mol. The van der Waals surface area contributed by atoms with Crippen LogP contribution in [-0.4, -0.2) is 86.4 Å². The number of halogens is 1. The highest BCUT2D eigenvalue weighted by Gasteiger charge is 2.77. The summed E-state index contributed by atoms with van der Waals surface area (Å²) in [6, 6.07) is 16.3. The molecule has 9 atom stereocenters. The van der Waals surface area contributed by atoms with E-state index >= 15 is 0 Å². The molecule has 3 heterocycles. The fourth-order valence-electron chi connectivity index (χ4n) is 7.73. The van der Waals surface area contributed by atoms with Crippen molar-refractivity contribution in [1.82, 2.24) is 15.1 Å². The lowest BCUT2D eigenvalue weighted by Crippen LogP contribution is -2.58. The minimum Gasteiger partial charge on any atom is -0.455 e. The van der Waals surface area contributed by atoms with E-state index in [0.717, 1.165) is 5.56 Å². The predicted octanol–water partition coefficient (Wildman–Crippen LogP) is 4.48. The molecular formula is C38H46BrN3O7. The van der Waals surface area contributed by atoms with Gasteiger partial charge < -0.3 is 29.7 Å². The van der Waals surface area contributed by atoms with E-state index in [4.69, 9.17) is 9.47 Å². The highest BCUT2D eigenvalue weighted by atomic mass is 79.9. The van der Waals surface area contributed by atoms with Gasteiger partial charge in [-0.25, -0.2) is 0 Å². The van der Waals surface area contributed by atoms with Crippen molar-refractivity contribution in [2.45, 2.75) is 86.8 Å². The number of aliphatic hydroxyl groups excluding tert-OH is 1. The van der Waals surface area contributed by atoms with Crippen molar-refractivity contribution in [3.8, 4) is 0 Å². The van der Waals surface area contributed by atoms with Crippen LogP contribution in [0.4, 0.5) is 0 Å². The van der Waals surface area contributed by atoms with Crippen molar-refractivity contribution in [3.63, 3.8) is 0 Å². The third-order valence-electron chi connectivity index (χ3n) is 9.98. The van der Waals surface area contributed by atoms with Crippen LogP contribution in [0.25, 0.3) is 0 Å². The summed E-state index contributed by atoms with van der Waals surface area (Å²) in [5.74, 6) is -3.64. The number of fused-ring (bicyclic) bond motifs is 1. The molecule has 0 radical (unpaired) electrons. The normalized spacial score (nSPS) is 27.1. The molecule has 10 nitrogen and oxygen atoms in total. The molecule has 11 heteroatoms. The lowest BCUT2D eigenvalue weighted by atomic mass is 9.70. The van der Waals surface area contributed by atoms with E-state index in [-0.39, 0.29) is 42.8 Å². The van der Waals surface area contributed by atoms with E-state index in [9.17, 15) is 24.3 Å². The monoisotopic (exact) mass is 735 g/mol. The minimum absolute atomic E-state index is 0.204. The molecule has 1 unspecified atom stereocenters. The summed E-state index contributed by atoms with van der Waals surface area (Å²) in [6.45, 7) is 11.3. The Kier molecular flexibility index (Phi) is 11.8. The molecule has 5 rings (SSSR count). The molecule has 49 heavy (non-hydrogen) atoms. The third-order valence-corrected chi connectivity index (χ3v) is 10.8. The Balaban J connectivity index is 1.50.